The summed E-state index contributed by atoms with van der Waals surface area (Å²) in [5.74, 6) is 1.30. The van der Waals surface area contributed by atoms with Gasteiger partial charge < -0.3 is 8.83 Å². The molecule has 0 aliphatic heterocycles. The Bertz CT molecular complexity index is 2910. The summed E-state index contributed by atoms with van der Waals surface area (Å²) in [5.41, 5.74) is 13.4. The second-order valence-electron chi connectivity index (χ2n) is 16.3. The maximum Gasteiger partial charge on any atom is 2.00 e. The predicted molar refractivity (Wildman–Crippen MR) is 231 cm³/mol. The monoisotopic (exact) mass is 953 g/mol. The first kappa shape index (κ1) is 39.6. The van der Waals surface area contributed by atoms with E-state index in [-0.39, 0.29) is 21.1 Å². The van der Waals surface area contributed by atoms with E-state index >= 15 is 0 Å². The number of nitriles is 1. The van der Waals surface area contributed by atoms with Crippen molar-refractivity contribution in [3.05, 3.63) is 137 Å². The summed E-state index contributed by atoms with van der Waals surface area (Å²) in [7, 11) is 0. The summed E-state index contributed by atoms with van der Waals surface area (Å²) in [4.78, 5) is 3.90. The van der Waals surface area contributed by atoms with Crippen LogP contribution < -0.4 is 0 Å². The molecule has 59 heavy (non-hydrogen) atoms. The van der Waals surface area contributed by atoms with Gasteiger partial charge in [-0.2, -0.15) is 15.5 Å². The van der Waals surface area contributed by atoms with Crippen LogP contribution in [0.3, 0.4) is 0 Å². The van der Waals surface area contributed by atoms with Crippen LogP contribution in [0.2, 0.25) is 0 Å². The van der Waals surface area contributed by atoms with Gasteiger partial charge in [-0.05, 0) is 80.6 Å². The van der Waals surface area contributed by atoms with Gasteiger partial charge in [0.15, 0.2) is 5.69 Å². The van der Waals surface area contributed by atoms with Gasteiger partial charge in [-0.1, -0.05) is 109 Å². The smallest absolute Gasteiger partial charge is 0.522 e. The summed E-state index contributed by atoms with van der Waals surface area (Å²) < 4.78 is 16.4. The largest absolute Gasteiger partial charge is 2.00 e. The molecule has 0 aliphatic carbocycles. The number of nitrogens with zero attached hydrogens (tertiary/aromatic N) is 6. The van der Waals surface area contributed by atoms with E-state index in [1.54, 1.807) is 21.5 Å². The summed E-state index contributed by atoms with van der Waals surface area (Å²) >= 11 is 0. The van der Waals surface area contributed by atoms with Gasteiger partial charge in [0.05, 0.1) is 41.8 Å². The predicted octanol–water partition coefficient (Wildman–Crippen LogP) is 13.7. The molecule has 0 fully saturated rings. The van der Waals surface area contributed by atoms with Gasteiger partial charge in [-0.15, -0.1) is 29.0 Å². The Balaban J connectivity index is 0.00000484. The summed E-state index contributed by atoms with van der Waals surface area (Å²) in [6.45, 7) is 25.9. The van der Waals surface area contributed by atoms with Gasteiger partial charge in [-0.25, -0.2) is 0 Å². The van der Waals surface area contributed by atoms with Crippen molar-refractivity contribution in [1.82, 2.24) is 19.6 Å². The molecule has 0 spiro atoms. The van der Waals surface area contributed by atoms with E-state index in [1.807, 2.05) is 36.9 Å². The topological polar surface area (TPSA) is 90.1 Å². The Hall–Kier alpha value is -6.21. The fourth-order valence-electron chi connectivity index (χ4n) is 8.46. The maximum atomic E-state index is 10.4. The first-order valence-electron chi connectivity index (χ1n) is 19.8. The third kappa shape index (κ3) is 6.48. The first-order chi connectivity index (χ1) is 28.0. The average molecular weight is 954 g/mol. The van der Waals surface area contributed by atoms with E-state index in [4.69, 9.17) is 25.6 Å². The minimum absolute atomic E-state index is 0. The second-order valence-corrected chi connectivity index (χ2v) is 16.3. The van der Waals surface area contributed by atoms with E-state index in [9.17, 15) is 5.26 Å². The molecule has 0 saturated heterocycles. The standard InChI is InChI=1S/C50H42N6O2.Pt/c1-27(2)36-12-10-13-37(28(3)4)45(36)32-23-53-55(25-32)34-18-31(22-51)49-40(19-34)47-43(57-49)16-17-44-48(47)41-20-35(21-42(52-9)50(41)58-44)56-26-33(24-54-56)46-38(29(5)6)14-11-15-39(46)30(7)8;/h10-18,21,23-30H,1-8H3;/q-2;+2. The molecule has 9 heteroatoms. The van der Waals surface area contributed by atoms with Crippen LogP contribution in [-0.2, 0) is 21.1 Å². The average Bonchev–Trinajstić information content (AvgIpc) is 4.04. The molecule has 5 aromatic carbocycles. The van der Waals surface area contributed by atoms with E-state index < -0.39 is 0 Å². The first-order valence-corrected chi connectivity index (χ1v) is 19.8. The van der Waals surface area contributed by atoms with E-state index in [0.29, 0.717) is 79.4 Å². The number of rotatable bonds is 8. The fraction of sp³-hybridized carbons (Fsp3) is 0.240. The van der Waals surface area contributed by atoms with Crippen molar-refractivity contribution in [3.8, 4) is 39.7 Å². The van der Waals surface area contributed by atoms with Crippen molar-refractivity contribution >= 4 is 49.6 Å². The molecule has 9 aromatic rings. The van der Waals surface area contributed by atoms with Gasteiger partial charge in [0, 0.05) is 34.7 Å². The zero-order valence-corrected chi connectivity index (χ0v) is 36.5. The van der Waals surface area contributed by atoms with Crippen LogP contribution in [0.1, 0.15) is 107 Å². The van der Waals surface area contributed by atoms with Crippen molar-refractivity contribution in [2.45, 2.75) is 79.1 Å². The Morgan fingerprint density at radius 1 is 0.644 bits per heavy atom. The van der Waals surface area contributed by atoms with E-state index in [2.05, 4.69) is 115 Å². The SMILES string of the molecule is [C-]#[N+]c1cc(-n2cc(-c3c(C(C)C)cccc3C(C)C)cn2)[c-]c2c1oc1ccc3oc4c(C#N)cc(-n5cc(-c6c(C(C)C)cccc6C(C)C)cn5)[c-]c4c3c12.[Pt+2]. The van der Waals surface area contributed by atoms with Crippen LogP contribution in [-0.4, -0.2) is 19.6 Å². The van der Waals surface area contributed by atoms with Crippen LogP contribution in [0.4, 0.5) is 5.69 Å². The molecule has 0 unspecified atom stereocenters. The van der Waals surface area contributed by atoms with Gasteiger partial charge >= 0.3 is 21.1 Å². The molecule has 9 rings (SSSR count). The number of hydrogen-bond donors (Lipinski definition) is 0. The molecule has 294 valence electrons. The molecule has 8 nitrogen and oxygen atoms in total. The van der Waals surface area contributed by atoms with Crippen molar-refractivity contribution in [2.75, 3.05) is 0 Å². The zero-order valence-electron chi connectivity index (χ0n) is 34.2. The Morgan fingerprint density at radius 2 is 1.07 bits per heavy atom. The summed E-state index contributed by atoms with van der Waals surface area (Å²) in [6.07, 6.45) is 7.82. The number of aromatic nitrogens is 4. The normalized spacial score (nSPS) is 11.8. The van der Waals surface area contributed by atoms with Gasteiger partial charge in [0.1, 0.15) is 0 Å². The van der Waals surface area contributed by atoms with E-state index in [1.165, 1.54) is 33.4 Å². The number of hydrogen-bond acceptors (Lipinski definition) is 5. The number of benzene rings is 5. The summed E-state index contributed by atoms with van der Waals surface area (Å²) in [6, 6.07) is 29.8. The van der Waals surface area contributed by atoms with Crippen LogP contribution >= 0.6 is 0 Å². The Labute approximate surface area is 358 Å². The number of fused-ring (bicyclic) bond motifs is 7. The maximum absolute atomic E-state index is 10.4. The molecule has 0 radical (unpaired) electrons. The van der Waals surface area contributed by atoms with Crippen LogP contribution in [0.25, 0.3) is 82.4 Å². The Morgan fingerprint density at radius 3 is 1.49 bits per heavy atom. The Kier molecular flexibility index (Phi) is 10.2. The molecule has 0 atom stereocenters. The summed E-state index contributed by atoms with van der Waals surface area (Å²) in [5, 5.41) is 22.8. The third-order valence-electron chi connectivity index (χ3n) is 11.3. The molecule has 4 aromatic heterocycles. The van der Waals surface area contributed by atoms with Crippen LogP contribution in [0.15, 0.2) is 94.3 Å². The molecule has 4 heterocycles. The van der Waals surface area contributed by atoms with Crippen molar-refractivity contribution in [1.29, 1.82) is 5.26 Å². The van der Waals surface area contributed by atoms with Crippen LogP contribution in [0, 0.1) is 30.0 Å². The van der Waals surface area contributed by atoms with Gasteiger partial charge in [0.25, 0.3) is 0 Å². The minimum Gasteiger partial charge on any atom is -0.522 e. The quantitative estimate of drug-likeness (QED) is 0.142. The second kappa shape index (κ2) is 15.2. The molecule has 0 saturated carbocycles. The fourth-order valence-corrected chi connectivity index (χ4v) is 8.46. The molecular weight excluding hydrogens is 912 g/mol. The third-order valence-corrected chi connectivity index (χ3v) is 11.3. The van der Waals surface area contributed by atoms with Crippen molar-refractivity contribution in [2.24, 2.45) is 0 Å². The van der Waals surface area contributed by atoms with Crippen LogP contribution in [0.5, 0.6) is 0 Å². The number of furan rings is 2. The molecule has 0 amide bonds. The van der Waals surface area contributed by atoms with E-state index in [0.717, 1.165) is 21.9 Å². The molecule has 0 bridgehead atoms. The zero-order chi connectivity index (χ0) is 40.6. The minimum atomic E-state index is 0. The van der Waals surface area contributed by atoms with Crippen molar-refractivity contribution < 1.29 is 29.9 Å². The molecule has 0 N–H and O–H groups in total. The van der Waals surface area contributed by atoms with Gasteiger partial charge in [0.2, 0.25) is 0 Å². The molecule has 0 aliphatic rings. The van der Waals surface area contributed by atoms with Gasteiger partial charge in [-0.3, -0.25) is 14.2 Å². The van der Waals surface area contributed by atoms with Crippen molar-refractivity contribution in [3.63, 3.8) is 0 Å². The molecular formula is C50H42N6O2Pt.